The van der Waals surface area contributed by atoms with Gasteiger partial charge < -0.3 is 14.9 Å². The van der Waals surface area contributed by atoms with Crippen LogP contribution in [0, 0.1) is 5.82 Å². The molecular formula is C18H17BrClFN4O2. The van der Waals surface area contributed by atoms with Gasteiger partial charge in [-0.15, -0.1) is 10.2 Å². The first-order chi connectivity index (χ1) is 13.1. The van der Waals surface area contributed by atoms with Crippen LogP contribution in [0.3, 0.4) is 0 Å². The zero-order chi connectivity index (χ0) is 19.2. The Balaban J connectivity index is 1.79. The number of ether oxygens (including phenoxy) is 2. The Labute approximate surface area is 169 Å². The van der Waals surface area contributed by atoms with Crippen molar-refractivity contribution < 1.29 is 13.9 Å². The number of hydrogen-bond donors (Lipinski definition) is 1. The summed E-state index contributed by atoms with van der Waals surface area (Å²) in [6.45, 7) is 2.86. The molecule has 0 fully saturated rings. The Bertz CT molecular complexity index is 888. The lowest BCUT2D eigenvalue weighted by molar-refractivity contribution is 0.264. The molecule has 0 bridgehead atoms. The minimum atomic E-state index is -0.411. The highest BCUT2D eigenvalue weighted by molar-refractivity contribution is 9.10. The van der Waals surface area contributed by atoms with Gasteiger partial charge in [-0.1, -0.05) is 17.7 Å². The maximum Gasteiger partial charge on any atom is 0.175 e. The summed E-state index contributed by atoms with van der Waals surface area (Å²) in [7, 11) is 0. The van der Waals surface area contributed by atoms with Crippen molar-refractivity contribution in [2.75, 3.05) is 12.0 Å². The van der Waals surface area contributed by atoms with Crippen LogP contribution in [0.15, 0.2) is 47.5 Å². The number of benzene rings is 2. The molecule has 0 unspecified atom stereocenters. The number of rotatable bonds is 8. The van der Waals surface area contributed by atoms with Crippen molar-refractivity contribution in [3.8, 4) is 11.5 Å². The summed E-state index contributed by atoms with van der Waals surface area (Å²) in [5, 5.41) is 7.79. The number of nitrogens with one attached hydrogen (secondary N) is 1. The van der Waals surface area contributed by atoms with Crippen LogP contribution >= 0.6 is 27.5 Å². The average molecular weight is 456 g/mol. The Kier molecular flexibility index (Phi) is 6.52. The lowest BCUT2D eigenvalue weighted by Gasteiger charge is -2.16. The molecule has 142 valence electrons. The Morgan fingerprint density at radius 1 is 1.22 bits per heavy atom. The first kappa shape index (κ1) is 19.4. The highest BCUT2D eigenvalue weighted by Gasteiger charge is 2.15. The zero-order valence-electron chi connectivity index (χ0n) is 14.5. The van der Waals surface area contributed by atoms with E-state index in [0.717, 1.165) is 5.56 Å². The second-order valence-corrected chi connectivity index (χ2v) is 6.79. The van der Waals surface area contributed by atoms with Crippen LogP contribution in [0.5, 0.6) is 11.5 Å². The van der Waals surface area contributed by atoms with Gasteiger partial charge in [-0.25, -0.2) is 9.07 Å². The van der Waals surface area contributed by atoms with Crippen molar-refractivity contribution in [1.82, 2.24) is 14.9 Å². The third kappa shape index (κ3) is 4.90. The van der Waals surface area contributed by atoms with E-state index in [1.807, 2.05) is 19.1 Å². The molecule has 0 saturated heterocycles. The molecule has 27 heavy (non-hydrogen) atoms. The van der Waals surface area contributed by atoms with E-state index >= 15 is 0 Å². The molecule has 3 aromatic rings. The second-order valence-electron chi connectivity index (χ2n) is 5.53. The van der Waals surface area contributed by atoms with Crippen LogP contribution in [-0.2, 0) is 13.2 Å². The minimum absolute atomic E-state index is 0.0114. The van der Waals surface area contributed by atoms with Gasteiger partial charge in [0.25, 0.3) is 0 Å². The molecule has 0 aliphatic carbocycles. The molecule has 0 saturated carbocycles. The standard InChI is InChI=1S/C18H17BrClFN4O2/c1-2-26-17-7-12(8-24-25-10-22-23-11-25)6-14(19)18(17)27-9-13-15(20)4-3-5-16(13)21/h3-7,10-11,24H,2,8-9H2,1H3. The van der Waals surface area contributed by atoms with Gasteiger partial charge >= 0.3 is 0 Å². The van der Waals surface area contributed by atoms with Crippen molar-refractivity contribution in [3.05, 3.63) is 69.4 Å². The average Bonchev–Trinajstić information content (AvgIpc) is 3.15. The molecule has 0 aliphatic rings. The van der Waals surface area contributed by atoms with Gasteiger partial charge in [0.1, 0.15) is 25.1 Å². The van der Waals surface area contributed by atoms with E-state index in [0.29, 0.717) is 39.7 Å². The van der Waals surface area contributed by atoms with Crippen molar-refractivity contribution in [2.24, 2.45) is 0 Å². The molecule has 9 heteroatoms. The molecule has 0 aliphatic heterocycles. The fraction of sp³-hybridized carbons (Fsp3) is 0.222. The van der Waals surface area contributed by atoms with Gasteiger partial charge in [-0.2, -0.15) is 0 Å². The topological polar surface area (TPSA) is 61.2 Å². The molecule has 0 amide bonds. The lowest BCUT2D eigenvalue weighted by atomic mass is 10.2. The summed E-state index contributed by atoms with van der Waals surface area (Å²) in [6, 6.07) is 8.30. The molecule has 3 rings (SSSR count). The molecular weight excluding hydrogens is 439 g/mol. The smallest absolute Gasteiger partial charge is 0.175 e. The molecule has 0 radical (unpaired) electrons. The molecule has 1 N–H and O–H groups in total. The van der Waals surface area contributed by atoms with Gasteiger partial charge in [0, 0.05) is 5.56 Å². The van der Waals surface area contributed by atoms with E-state index in [-0.39, 0.29) is 6.61 Å². The van der Waals surface area contributed by atoms with Gasteiger partial charge in [0.2, 0.25) is 0 Å². The number of halogens is 3. The lowest BCUT2D eigenvalue weighted by Crippen LogP contribution is -2.12. The minimum Gasteiger partial charge on any atom is -0.490 e. The monoisotopic (exact) mass is 454 g/mol. The summed E-state index contributed by atoms with van der Waals surface area (Å²) in [4.78, 5) is 0. The number of aromatic nitrogens is 3. The quantitative estimate of drug-likeness (QED) is 0.540. The van der Waals surface area contributed by atoms with E-state index in [1.165, 1.54) is 6.07 Å². The predicted octanol–water partition coefficient (Wildman–Crippen LogP) is 4.55. The normalized spacial score (nSPS) is 10.7. The SMILES string of the molecule is CCOc1cc(CNn2cnnc2)cc(Br)c1OCc1c(F)cccc1Cl. The van der Waals surface area contributed by atoms with Gasteiger partial charge in [-0.3, -0.25) is 0 Å². The van der Waals surface area contributed by atoms with Crippen LogP contribution in [0.1, 0.15) is 18.1 Å². The van der Waals surface area contributed by atoms with Crippen LogP contribution in [-0.4, -0.2) is 21.5 Å². The van der Waals surface area contributed by atoms with Crippen molar-refractivity contribution in [3.63, 3.8) is 0 Å². The zero-order valence-corrected chi connectivity index (χ0v) is 16.8. The van der Waals surface area contributed by atoms with Crippen molar-refractivity contribution >= 4 is 27.5 Å². The first-order valence-corrected chi connectivity index (χ1v) is 9.35. The van der Waals surface area contributed by atoms with E-state index in [2.05, 4.69) is 31.6 Å². The van der Waals surface area contributed by atoms with Gasteiger partial charge in [-0.05, 0) is 52.7 Å². The van der Waals surface area contributed by atoms with Crippen LogP contribution in [0.2, 0.25) is 5.02 Å². The van der Waals surface area contributed by atoms with Crippen molar-refractivity contribution in [2.45, 2.75) is 20.1 Å². The summed E-state index contributed by atoms with van der Waals surface area (Å²) in [5.41, 5.74) is 4.39. The number of hydrogen-bond acceptors (Lipinski definition) is 5. The predicted molar refractivity (Wildman–Crippen MR) is 104 cm³/mol. The van der Waals surface area contributed by atoms with Crippen LogP contribution in [0.25, 0.3) is 0 Å². The Morgan fingerprint density at radius 2 is 2.00 bits per heavy atom. The summed E-state index contributed by atoms with van der Waals surface area (Å²) >= 11 is 9.57. The second kappa shape index (κ2) is 9.05. The molecule has 1 heterocycles. The largest absolute Gasteiger partial charge is 0.490 e. The van der Waals surface area contributed by atoms with Gasteiger partial charge in [0.05, 0.1) is 22.6 Å². The first-order valence-electron chi connectivity index (χ1n) is 8.18. The third-order valence-corrected chi connectivity index (χ3v) is 4.62. The van der Waals surface area contributed by atoms with E-state index < -0.39 is 5.82 Å². The van der Waals surface area contributed by atoms with Crippen molar-refractivity contribution in [1.29, 1.82) is 0 Å². The van der Waals surface area contributed by atoms with Gasteiger partial charge in [0.15, 0.2) is 11.5 Å². The van der Waals surface area contributed by atoms with Crippen LogP contribution < -0.4 is 14.9 Å². The van der Waals surface area contributed by atoms with E-state index in [1.54, 1.807) is 29.5 Å². The fourth-order valence-electron chi connectivity index (χ4n) is 2.41. The van der Waals surface area contributed by atoms with Crippen LogP contribution in [0.4, 0.5) is 4.39 Å². The molecule has 2 aromatic carbocycles. The molecule has 1 aromatic heterocycles. The highest BCUT2D eigenvalue weighted by Crippen LogP contribution is 2.38. The Morgan fingerprint density at radius 3 is 2.70 bits per heavy atom. The molecule has 6 nitrogen and oxygen atoms in total. The fourth-order valence-corrected chi connectivity index (χ4v) is 3.23. The Hall–Kier alpha value is -2.32. The molecule has 0 spiro atoms. The summed E-state index contributed by atoms with van der Waals surface area (Å²) in [6.07, 6.45) is 3.13. The maximum absolute atomic E-state index is 14.0. The summed E-state index contributed by atoms with van der Waals surface area (Å²) < 4.78 is 27.9. The van der Waals surface area contributed by atoms with E-state index in [9.17, 15) is 4.39 Å². The van der Waals surface area contributed by atoms with E-state index in [4.69, 9.17) is 21.1 Å². The third-order valence-electron chi connectivity index (χ3n) is 3.68. The number of nitrogens with zero attached hydrogens (tertiary/aromatic N) is 3. The molecule has 0 atom stereocenters. The maximum atomic E-state index is 14.0. The highest BCUT2D eigenvalue weighted by atomic mass is 79.9. The summed E-state index contributed by atoms with van der Waals surface area (Å²) in [5.74, 6) is 0.635.